The van der Waals surface area contributed by atoms with Crippen molar-refractivity contribution >= 4 is 22.9 Å². The maximum absolute atomic E-state index is 11.6. The first-order chi connectivity index (χ1) is 9.09. The lowest BCUT2D eigenvalue weighted by Gasteiger charge is -2.06. The predicted molar refractivity (Wildman–Crippen MR) is 79.2 cm³/mol. The first kappa shape index (κ1) is 13.0. The van der Waals surface area contributed by atoms with Gasteiger partial charge in [0, 0.05) is 22.5 Å². The second-order valence-corrected chi connectivity index (χ2v) is 4.36. The minimum atomic E-state index is 0.00758. The second-order valence-electron chi connectivity index (χ2n) is 4.36. The number of ketones is 1. The molecular weight excluding hydrogens is 236 g/mol. The zero-order valence-corrected chi connectivity index (χ0v) is 11.1. The maximum Gasteiger partial charge on any atom is 0.161 e. The number of benzene rings is 2. The van der Waals surface area contributed by atoms with Gasteiger partial charge in [0.2, 0.25) is 0 Å². The fourth-order valence-corrected chi connectivity index (χ4v) is 1.94. The number of aliphatic imine (C=N–C) groups is 1. The molecule has 0 spiro atoms. The third-order valence-corrected chi connectivity index (χ3v) is 2.92. The summed E-state index contributed by atoms with van der Waals surface area (Å²) in [5.41, 5.74) is 9.60. The first-order valence-corrected chi connectivity index (χ1v) is 6.09. The van der Waals surface area contributed by atoms with Gasteiger partial charge in [-0.1, -0.05) is 30.3 Å². The summed E-state index contributed by atoms with van der Waals surface area (Å²) in [6, 6.07) is 14.9. The van der Waals surface area contributed by atoms with Crippen LogP contribution in [-0.2, 0) is 0 Å². The van der Waals surface area contributed by atoms with E-state index < -0.39 is 0 Å². The van der Waals surface area contributed by atoms with Crippen LogP contribution in [0.5, 0.6) is 0 Å². The van der Waals surface area contributed by atoms with Crippen molar-refractivity contribution < 1.29 is 4.79 Å². The van der Waals surface area contributed by atoms with Gasteiger partial charge < -0.3 is 5.73 Å². The fraction of sp³-hybridized carbons (Fsp3) is 0.125. The number of anilines is 1. The van der Waals surface area contributed by atoms with E-state index in [-0.39, 0.29) is 5.78 Å². The molecule has 2 aromatic rings. The third kappa shape index (κ3) is 2.88. The molecule has 0 aromatic heterocycles. The molecule has 2 N–H and O–H groups in total. The van der Waals surface area contributed by atoms with Gasteiger partial charge in [0.25, 0.3) is 0 Å². The Morgan fingerprint density at radius 3 is 2.16 bits per heavy atom. The zero-order valence-electron chi connectivity index (χ0n) is 11.1. The van der Waals surface area contributed by atoms with Crippen LogP contribution in [0.3, 0.4) is 0 Å². The average molecular weight is 252 g/mol. The lowest BCUT2D eigenvalue weighted by Crippen LogP contribution is -2.01. The Morgan fingerprint density at radius 2 is 1.53 bits per heavy atom. The number of nitrogens with two attached hydrogens (primary N) is 1. The molecule has 3 nitrogen and oxygen atoms in total. The molecule has 0 atom stereocenters. The lowest BCUT2D eigenvalue weighted by molar-refractivity contribution is 0.101. The largest absolute Gasteiger partial charge is 0.398 e. The number of nitrogen functional groups attached to an aromatic ring is 1. The van der Waals surface area contributed by atoms with Gasteiger partial charge in [-0.2, -0.15) is 0 Å². The summed E-state index contributed by atoms with van der Waals surface area (Å²) < 4.78 is 0. The van der Waals surface area contributed by atoms with Crippen molar-refractivity contribution in [2.45, 2.75) is 13.8 Å². The standard InChI is InChI=1S/C16H16N2O/c1-11(13-7-3-5-9-15(13)17)18-16-10-6-4-8-14(16)12(2)19/h3-10H,17H2,1-2H3. The molecule has 0 heterocycles. The van der Waals surface area contributed by atoms with E-state index in [0.29, 0.717) is 16.9 Å². The van der Waals surface area contributed by atoms with Gasteiger partial charge in [0.1, 0.15) is 0 Å². The highest BCUT2D eigenvalue weighted by molar-refractivity contribution is 6.06. The molecule has 0 radical (unpaired) electrons. The fourth-order valence-electron chi connectivity index (χ4n) is 1.94. The second kappa shape index (κ2) is 5.48. The topological polar surface area (TPSA) is 55.5 Å². The number of rotatable bonds is 3. The van der Waals surface area contributed by atoms with Crippen LogP contribution in [0, 0.1) is 0 Å². The van der Waals surface area contributed by atoms with Gasteiger partial charge in [-0.3, -0.25) is 9.79 Å². The van der Waals surface area contributed by atoms with Crippen LogP contribution in [0.1, 0.15) is 29.8 Å². The summed E-state index contributed by atoms with van der Waals surface area (Å²) in [5, 5.41) is 0. The number of Topliss-reactive ketones (excluding diaryl/α,β-unsaturated/α-hetero) is 1. The third-order valence-electron chi connectivity index (χ3n) is 2.92. The van der Waals surface area contributed by atoms with E-state index in [1.807, 2.05) is 49.4 Å². The number of carbonyl (C=O) groups is 1. The van der Waals surface area contributed by atoms with Crippen molar-refractivity contribution in [3.8, 4) is 0 Å². The molecule has 0 fully saturated rings. The summed E-state index contributed by atoms with van der Waals surface area (Å²) >= 11 is 0. The number of hydrogen-bond acceptors (Lipinski definition) is 3. The molecule has 0 amide bonds. The van der Waals surface area contributed by atoms with Gasteiger partial charge in [-0.25, -0.2) is 0 Å². The van der Waals surface area contributed by atoms with Crippen LogP contribution in [0.2, 0.25) is 0 Å². The van der Waals surface area contributed by atoms with E-state index in [4.69, 9.17) is 5.73 Å². The molecule has 96 valence electrons. The van der Waals surface area contributed by atoms with Crippen LogP contribution in [0.15, 0.2) is 53.5 Å². The number of hydrogen-bond donors (Lipinski definition) is 1. The highest BCUT2D eigenvalue weighted by atomic mass is 16.1. The van der Waals surface area contributed by atoms with Crippen molar-refractivity contribution in [2.24, 2.45) is 4.99 Å². The maximum atomic E-state index is 11.6. The highest BCUT2D eigenvalue weighted by Crippen LogP contribution is 2.22. The summed E-state index contributed by atoms with van der Waals surface area (Å²) in [6.07, 6.45) is 0. The van der Waals surface area contributed by atoms with Crippen molar-refractivity contribution in [2.75, 3.05) is 5.73 Å². The van der Waals surface area contributed by atoms with E-state index in [9.17, 15) is 4.79 Å². The van der Waals surface area contributed by atoms with Crippen molar-refractivity contribution in [1.82, 2.24) is 0 Å². The number of carbonyl (C=O) groups excluding carboxylic acids is 1. The monoisotopic (exact) mass is 252 g/mol. The first-order valence-electron chi connectivity index (χ1n) is 6.09. The number of nitrogens with zero attached hydrogens (tertiary/aromatic N) is 1. The average Bonchev–Trinajstić information content (AvgIpc) is 2.39. The number of para-hydroxylation sites is 2. The van der Waals surface area contributed by atoms with Crippen molar-refractivity contribution in [3.63, 3.8) is 0 Å². The van der Waals surface area contributed by atoms with Crippen LogP contribution in [-0.4, -0.2) is 11.5 Å². The minimum Gasteiger partial charge on any atom is -0.398 e. The molecule has 0 unspecified atom stereocenters. The van der Waals surface area contributed by atoms with Crippen LogP contribution in [0.4, 0.5) is 11.4 Å². The van der Waals surface area contributed by atoms with Crippen molar-refractivity contribution in [1.29, 1.82) is 0 Å². The molecule has 0 aliphatic heterocycles. The molecule has 0 saturated carbocycles. The van der Waals surface area contributed by atoms with E-state index in [1.165, 1.54) is 0 Å². The Bertz CT molecular complexity index is 645. The van der Waals surface area contributed by atoms with Crippen molar-refractivity contribution in [3.05, 3.63) is 59.7 Å². The van der Waals surface area contributed by atoms with Crippen LogP contribution in [0.25, 0.3) is 0 Å². The molecule has 0 bridgehead atoms. The van der Waals surface area contributed by atoms with E-state index in [1.54, 1.807) is 13.0 Å². The SMILES string of the molecule is CC(=O)c1ccccc1N=C(C)c1ccccc1N. The Morgan fingerprint density at radius 1 is 0.947 bits per heavy atom. The van der Waals surface area contributed by atoms with E-state index in [2.05, 4.69) is 4.99 Å². The van der Waals surface area contributed by atoms with Gasteiger partial charge in [0.05, 0.1) is 5.69 Å². The molecule has 3 heteroatoms. The molecule has 2 rings (SSSR count). The molecule has 2 aromatic carbocycles. The van der Waals surface area contributed by atoms with Crippen LogP contribution >= 0.6 is 0 Å². The Kier molecular flexibility index (Phi) is 3.76. The summed E-state index contributed by atoms with van der Waals surface area (Å²) in [4.78, 5) is 16.1. The van der Waals surface area contributed by atoms with E-state index in [0.717, 1.165) is 11.3 Å². The molecule has 0 aliphatic rings. The summed E-state index contributed by atoms with van der Waals surface area (Å²) in [6.45, 7) is 3.43. The van der Waals surface area contributed by atoms with Gasteiger partial charge >= 0.3 is 0 Å². The minimum absolute atomic E-state index is 0.00758. The quantitative estimate of drug-likeness (QED) is 0.515. The van der Waals surface area contributed by atoms with Gasteiger partial charge in [-0.15, -0.1) is 0 Å². The molecule has 0 saturated heterocycles. The van der Waals surface area contributed by atoms with Gasteiger partial charge in [0.15, 0.2) is 5.78 Å². The highest BCUT2D eigenvalue weighted by Gasteiger charge is 2.07. The Labute approximate surface area is 112 Å². The smallest absolute Gasteiger partial charge is 0.161 e. The summed E-state index contributed by atoms with van der Waals surface area (Å²) in [7, 11) is 0. The summed E-state index contributed by atoms with van der Waals surface area (Å²) in [5.74, 6) is 0.00758. The Balaban J connectivity index is 2.47. The normalized spacial score (nSPS) is 11.4. The molecular formula is C16H16N2O. The van der Waals surface area contributed by atoms with Gasteiger partial charge in [-0.05, 0) is 32.0 Å². The van der Waals surface area contributed by atoms with Crippen LogP contribution < -0.4 is 5.73 Å². The lowest BCUT2D eigenvalue weighted by atomic mass is 10.1. The zero-order chi connectivity index (χ0) is 13.8. The molecule has 0 aliphatic carbocycles. The van der Waals surface area contributed by atoms with E-state index >= 15 is 0 Å². The Hall–Kier alpha value is -2.42. The molecule has 19 heavy (non-hydrogen) atoms. The predicted octanol–water partition coefficient (Wildman–Crippen LogP) is 3.61.